The Morgan fingerprint density at radius 2 is 1.11 bits per heavy atom. The van der Waals surface area contributed by atoms with Gasteiger partial charge in [-0.2, -0.15) is 26.3 Å². The average molecular weight is 400 g/mol. The van der Waals surface area contributed by atoms with Gasteiger partial charge in [-0.05, 0) is 35.4 Å². The van der Waals surface area contributed by atoms with Gasteiger partial charge in [-0.1, -0.05) is 18.2 Å². The molecule has 2 nitrogen and oxygen atoms in total. The summed E-state index contributed by atoms with van der Waals surface area (Å²) in [5.41, 5.74) is -8.89. The van der Waals surface area contributed by atoms with Gasteiger partial charge >= 0.3 is 12.4 Å². The SMILES string of the molecule is CC(F)(F)c1cc(C(c2ccc(O)cc2)(C(F)(F)F)C(F)(F)F)ccc1O. The maximum Gasteiger partial charge on any atom is 0.411 e. The Morgan fingerprint density at radius 3 is 1.52 bits per heavy atom. The van der Waals surface area contributed by atoms with Gasteiger partial charge in [0.2, 0.25) is 5.41 Å². The lowest BCUT2D eigenvalue weighted by molar-refractivity contribution is -0.288. The molecule has 2 N–H and O–H groups in total. The summed E-state index contributed by atoms with van der Waals surface area (Å²) in [5.74, 6) is -5.61. The van der Waals surface area contributed by atoms with Crippen LogP contribution in [0.25, 0.3) is 0 Å². The minimum atomic E-state index is -5.97. The second-order valence-corrected chi connectivity index (χ2v) is 5.91. The van der Waals surface area contributed by atoms with E-state index >= 15 is 0 Å². The molecular formula is C17H12F8O2. The van der Waals surface area contributed by atoms with E-state index in [1.807, 2.05) is 0 Å². The summed E-state index contributed by atoms with van der Waals surface area (Å²) in [6, 6.07) is 2.70. The third kappa shape index (κ3) is 3.40. The Morgan fingerprint density at radius 1 is 0.667 bits per heavy atom. The molecule has 0 spiro atoms. The van der Waals surface area contributed by atoms with E-state index in [1.165, 1.54) is 0 Å². The van der Waals surface area contributed by atoms with Crippen molar-refractivity contribution in [2.24, 2.45) is 0 Å². The summed E-state index contributed by atoms with van der Waals surface area (Å²) in [6.45, 7) is 0.231. The van der Waals surface area contributed by atoms with Crippen LogP contribution in [-0.2, 0) is 11.3 Å². The molecular weight excluding hydrogens is 388 g/mol. The lowest BCUT2D eigenvalue weighted by Gasteiger charge is -2.38. The predicted octanol–water partition coefficient (Wildman–Crippen LogP) is 5.62. The second kappa shape index (κ2) is 6.28. The monoisotopic (exact) mass is 400 g/mol. The number of phenolic OH excluding ortho intramolecular Hbond substituents is 2. The van der Waals surface area contributed by atoms with Gasteiger partial charge in [0.1, 0.15) is 11.5 Å². The number of alkyl halides is 8. The number of aromatic hydroxyl groups is 2. The first-order valence-corrected chi connectivity index (χ1v) is 7.27. The molecule has 0 amide bonds. The van der Waals surface area contributed by atoms with Crippen LogP contribution in [-0.4, -0.2) is 22.6 Å². The molecule has 0 aromatic heterocycles. The average Bonchev–Trinajstić information content (AvgIpc) is 2.47. The predicted molar refractivity (Wildman–Crippen MR) is 78.7 cm³/mol. The van der Waals surface area contributed by atoms with Gasteiger partial charge in [0.15, 0.2) is 0 Å². The summed E-state index contributed by atoms with van der Waals surface area (Å²) in [7, 11) is 0. The van der Waals surface area contributed by atoms with Crippen molar-refractivity contribution in [1.29, 1.82) is 0 Å². The maximum atomic E-state index is 13.8. The molecule has 2 rings (SSSR count). The van der Waals surface area contributed by atoms with Gasteiger partial charge < -0.3 is 10.2 Å². The highest BCUT2D eigenvalue weighted by molar-refractivity contribution is 5.50. The number of rotatable bonds is 3. The minimum absolute atomic E-state index is 0.0107. The van der Waals surface area contributed by atoms with Crippen LogP contribution in [0.1, 0.15) is 23.6 Å². The van der Waals surface area contributed by atoms with Crippen molar-refractivity contribution in [3.8, 4) is 11.5 Å². The third-order valence-electron chi connectivity index (χ3n) is 4.05. The zero-order valence-corrected chi connectivity index (χ0v) is 13.5. The number of phenols is 2. The second-order valence-electron chi connectivity index (χ2n) is 5.91. The molecule has 0 saturated carbocycles. The molecule has 0 radical (unpaired) electrons. The molecule has 0 fully saturated rings. The van der Waals surface area contributed by atoms with Crippen molar-refractivity contribution in [1.82, 2.24) is 0 Å². The number of hydrogen-bond acceptors (Lipinski definition) is 2. The summed E-state index contributed by atoms with van der Waals surface area (Å²) in [5, 5.41) is 18.7. The molecule has 0 saturated heterocycles. The number of halogens is 8. The van der Waals surface area contributed by atoms with Gasteiger partial charge in [0.25, 0.3) is 5.92 Å². The van der Waals surface area contributed by atoms with Crippen LogP contribution in [0, 0.1) is 0 Å². The molecule has 148 valence electrons. The number of hydrogen-bond donors (Lipinski definition) is 2. The Labute approximate surface area is 147 Å². The normalized spacial score (nSPS) is 13.7. The summed E-state index contributed by atoms with van der Waals surface area (Å²) < 4.78 is 110. The van der Waals surface area contributed by atoms with Crippen LogP contribution in [0.15, 0.2) is 42.5 Å². The van der Waals surface area contributed by atoms with E-state index in [4.69, 9.17) is 0 Å². The van der Waals surface area contributed by atoms with Crippen molar-refractivity contribution in [3.63, 3.8) is 0 Å². The van der Waals surface area contributed by atoms with Gasteiger partial charge in [-0.25, -0.2) is 8.78 Å². The Balaban J connectivity index is 2.96. The lowest BCUT2D eigenvalue weighted by Crippen LogP contribution is -2.54. The Bertz CT molecular complexity index is 803. The van der Waals surface area contributed by atoms with Gasteiger partial charge in [-0.3, -0.25) is 0 Å². The highest BCUT2D eigenvalue weighted by Crippen LogP contribution is 2.57. The summed E-state index contributed by atoms with van der Waals surface area (Å²) in [4.78, 5) is 0. The smallest absolute Gasteiger partial charge is 0.411 e. The van der Waals surface area contributed by atoms with E-state index in [9.17, 15) is 45.3 Å². The van der Waals surface area contributed by atoms with Crippen molar-refractivity contribution in [3.05, 3.63) is 59.2 Å². The van der Waals surface area contributed by atoms with Crippen LogP contribution in [0.3, 0.4) is 0 Å². The zero-order valence-electron chi connectivity index (χ0n) is 13.5. The number of benzene rings is 2. The van der Waals surface area contributed by atoms with Gasteiger partial charge in [0.05, 0.1) is 5.56 Å². The Hall–Kier alpha value is -2.52. The Kier molecular flexibility index (Phi) is 4.83. The first-order valence-electron chi connectivity index (χ1n) is 7.27. The zero-order chi connectivity index (χ0) is 20.8. The molecule has 0 bridgehead atoms. The molecule has 0 atom stereocenters. The fourth-order valence-electron chi connectivity index (χ4n) is 2.81. The largest absolute Gasteiger partial charge is 0.508 e. The van der Waals surface area contributed by atoms with E-state index in [0.717, 1.165) is 0 Å². The molecule has 0 aliphatic carbocycles. The van der Waals surface area contributed by atoms with Crippen LogP contribution in [0.2, 0.25) is 0 Å². The standard InChI is InChI=1S/C17H12F8O2/c1-14(18,19)12-8-10(4-7-13(12)27)15(16(20,21)22,17(23,24)25)9-2-5-11(26)6-3-9/h2-8,26-27H,1H3. The molecule has 2 aromatic carbocycles. The van der Waals surface area contributed by atoms with Crippen molar-refractivity contribution in [2.45, 2.75) is 30.6 Å². The highest BCUT2D eigenvalue weighted by Gasteiger charge is 2.72. The van der Waals surface area contributed by atoms with E-state index in [2.05, 4.69) is 0 Å². The fraction of sp³-hybridized carbons (Fsp3) is 0.294. The first kappa shape index (κ1) is 20.8. The summed E-state index contributed by atoms with van der Waals surface area (Å²) in [6.07, 6.45) is -11.9. The van der Waals surface area contributed by atoms with E-state index in [1.54, 1.807) is 0 Å². The van der Waals surface area contributed by atoms with Crippen LogP contribution >= 0.6 is 0 Å². The lowest BCUT2D eigenvalue weighted by atomic mass is 9.72. The highest BCUT2D eigenvalue weighted by atomic mass is 19.4. The van der Waals surface area contributed by atoms with Crippen LogP contribution in [0.5, 0.6) is 11.5 Å². The maximum absolute atomic E-state index is 13.8. The molecule has 27 heavy (non-hydrogen) atoms. The summed E-state index contributed by atoms with van der Waals surface area (Å²) >= 11 is 0. The van der Waals surface area contributed by atoms with Crippen LogP contribution < -0.4 is 0 Å². The van der Waals surface area contributed by atoms with Gasteiger partial charge in [-0.15, -0.1) is 0 Å². The molecule has 0 unspecified atom stereocenters. The topological polar surface area (TPSA) is 40.5 Å². The molecule has 0 aliphatic rings. The molecule has 2 aromatic rings. The fourth-order valence-corrected chi connectivity index (χ4v) is 2.81. The molecule has 0 heterocycles. The van der Waals surface area contributed by atoms with Gasteiger partial charge in [0, 0.05) is 6.92 Å². The van der Waals surface area contributed by atoms with Crippen molar-refractivity contribution in [2.75, 3.05) is 0 Å². The molecule has 10 heteroatoms. The van der Waals surface area contributed by atoms with E-state index < -0.39 is 51.9 Å². The van der Waals surface area contributed by atoms with Crippen molar-refractivity contribution < 1.29 is 45.3 Å². The van der Waals surface area contributed by atoms with Crippen LogP contribution in [0.4, 0.5) is 35.1 Å². The quantitative estimate of drug-likeness (QED) is 0.657. The first-order chi connectivity index (χ1) is 12.1. The third-order valence-corrected chi connectivity index (χ3v) is 4.05. The van der Waals surface area contributed by atoms with E-state index in [-0.39, 0.29) is 13.0 Å². The molecule has 0 aliphatic heterocycles. The van der Waals surface area contributed by atoms with E-state index in [0.29, 0.717) is 36.4 Å². The van der Waals surface area contributed by atoms with Crippen molar-refractivity contribution >= 4 is 0 Å². The minimum Gasteiger partial charge on any atom is -0.508 e.